The second-order valence-electron chi connectivity index (χ2n) is 9.95. The van der Waals surface area contributed by atoms with Gasteiger partial charge < -0.3 is 10.1 Å². The molecular weight excluding hydrogens is 438 g/mol. The first kappa shape index (κ1) is 20.6. The quantitative estimate of drug-likeness (QED) is 0.571. The van der Waals surface area contributed by atoms with Gasteiger partial charge in [0.05, 0.1) is 16.7 Å². The lowest BCUT2D eigenvalue weighted by Crippen LogP contribution is -2.51. The fraction of sp³-hybridized carbons (Fsp3) is 0.440. The van der Waals surface area contributed by atoms with Crippen molar-refractivity contribution in [2.75, 3.05) is 5.32 Å². The number of hydrogen-bond acceptors (Lipinski definition) is 6. The highest BCUT2D eigenvalue weighted by atomic mass is 32.1. The largest absolute Gasteiger partial charge is 0.456 e. The number of benzene rings is 1. The number of nitrogens with one attached hydrogen (secondary N) is 1. The van der Waals surface area contributed by atoms with E-state index in [4.69, 9.17) is 4.74 Å². The maximum Gasteiger partial charge on any atom is 0.338 e. The Bertz CT molecular complexity index is 1260. The summed E-state index contributed by atoms with van der Waals surface area (Å²) in [5.41, 5.74) is 1.09. The number of aromatic nitrogens is 2. The van der Waals surface area contributed by atoms with E-state index in [9.17, 15) is 14.4 Å². The van der Waals surface area contributed by atoms with E-state index in [1.54, 1.807) is 35.8 Å². The molecule has 4 saturated carbocycles. The van der Waals surface area contributed by atoms with Crippen molar-refractivity contribution in [3.05, 3.63) is 63.5 Å². The van der Waals surface area contributed by atoms with E-state index in [0.29, 0.717) is 39.7 Å². The van der Waals surface area contributed by atoms with Gasteiger partial charge in [0.25, 0.3) is 5.56 Å². The molecule has 2 aromatic heterocycles. The molecule has 0 aliphatic heterocycles. The zero-order valence-electron chi connectivity index (χ0n) is 18.2. The third kappa shape index (κ3) is 3.76. The van der Waals surface area contributed by atoms with E-state index in [-0.39, 0.29) is 23.5 Å². The van der Waals surface area contributed by atoms with E-state index in [2.05, 4.69) is 10.3 Å². The van der Waals surface area contributed by atoms with Gasteiger partial charge in [0.1, 0.15) is 6.61 Å². The number of carbonyl (C=O) groups excluding carboxylic acids is 2. The molecule has 7 nitrogen and oxygen atoms in total. The molecule has 0 atom stereocenters. The molecule has 4 aliphatic carbocycles. The highest BCUT2D eigenvalue weighted by Gasteiger charge is 2.54. The lowest BCUT2D eigenvalue weighted by molar-refractivity contribution is -0.140. The molecule has 33 heavy (non-hydrogen) atoms. The summed E-state index contributed by atoms with van der Waals surface area (Å²) < 4.78 is 6.80. The summed E-state index contributed by atoms with van der Waals surface area (Å²) >= 11 is 1.35. The first-order valence-corrected chi connectivity index (χ1v) is 12.4. The molecule has 4 bridgehead atoms. The minimum atomic E-state index is -0.498. The molecule has 3 aromatic rings. The second-order valence-corrected chi connectivity index (χ2v) is 10.8. The average molecular weight is 464 g/mol. The number of thiazole rings is 1. The highest BCUT2D eigenvalue weighted by Crippen LogP contribution is 2.60. The average Bonchev–Trinajstić information content (AvgIpc) is 3.26. The predicted octanol–water partition coefficient (Wildman–Crippen LogP) is 4.27. The Hall–Kier alpha value is -3.00. The van der Waals surface area contributed by atoms with Crippen molar-refractivity contribution in [3.63, 3.8) is 0 Å². The molecule has 0 radical (unpaired) electrons. The number of ether oxygens (including phenoxy) is 1. The number of esters is 1. The molecule has 4 aliphatic rings. The SMILES string of the molecule is O=C(OCc1cc(=O)n2ccsc2n1)c1ccc(NC(=O)C23CC4CC(CC(C4)C2)C3)cc1. The lowest BCUT2D eigenvalue weighted by Gasteiger charge is -2.55. The summed E-state index contributed by atoms with van der Waals surface area (Å²) in [6.07, 6.45) is 8.62. The molecule has 1 amide bonds. The van der Waals surface area contributed by atoms with Crippen molar-refractivity contribution < 1.29 is 14.3 Å². The molecule has 1 N–H and O–H groups in total. The van der Waals surface area contributed by atoms with Crippen molar-refractivity contribution in [1.29, 1.82) is 0 Å². The third-order valence-electron chi connectivity index (χ3n) is 7.61. The second kappa shape index (κ2) is 7.80. The summed E-state index contributed by atoms with van der Waals surface area (Å²) in [6, 6.07) is 8.18. The van der Waals surface area contributed by atoms with Crippen LogP contribution in [0.3, 0.4) is 0 Å². The fourth-order valence-corrected chi connectivity index (χ4v) is 7.27. The Balaban J connectivity index is 1.09. The number of anilines is 1. The van der Waals surface area contributed by atoms with Crippen LogP contribution in [0.1, 0.15) is 54.6 Å². The van der Waals surface area contributed by atoms with Gasteiger partial charge in [-0.3, -0.25) is 14.0 Å². The Morgan fingerprint density at radius 1 is 1.09 bits per heavy atom. The summed E-state index contributed by atoms with van der Waals surface area (Å²) in [7, 11) is 0. The van der Waals surface area contributed by atoms with Gasteiger partial charge in [-0.25, -0.2) is 9.78 Å². The number of rotatable bonds is 5. The molecule has 1 aromatic carbocycles. The van der Waals surface area contributed by atoms with Gasteiger partial charge in [0, 0.05) is 23.3 Å². The summed E-state index contributed by atoms with van der Waals surface area (Å²) in [5.74, 6) is 1.78. The Kier molecular flexibility index (Phi) is 4.87. The van der Waals surface area contributed by atoms with Crippen molar-refractivity contribution in [2.45, 2.75) is 45.1 Å². The summed E-state index contributed by atoms with van der Waals surface area (Å²) in [6.45, 7) is -0.0764. The van der Waals surface area contributed by atoms with Crippen LogP contribution in [0.5, 0.6) is 0 Å². The van der Waals surface area contributed by atoms with Crippen LogP contribution >= 0.6 is 11.3 Å². The first-order chi connectivity index (χ1) is 16.0. The maximum absolute atomic E-state index is 13.2. The van der Waals surface area contributed by atoms with Crippen LogP contribution in [0.15, 0.2) is 46.7 Å². The molecule has 0 unspecified atom stereocenters. The zero-order valence-corrected chi connectivity index (χ0v) is 19.0. The Labute approximate surface area is 194 Å². The number of fused-ring (bicyclic) bond motifs is 1. The van der Waals surface area contributed by atoms with Crippen molar-refractivity contribution >= 4 is 33.9 Å². The standard InChI is InChI=1S/C25H25N3O4S/c29-21-10-20(27-24-28(21)5-6-33-24)14-32-22(30)18-1-3-19(4-2-18)26-23(31)25-11-15-7-16(12-25)9-17(8-15)13-25/h1-6,10,15-17H,7-9,11-14H2,(H,26,31). The molecular formula is C25H25N3O4S. The van der Waals surface area contributed by atoms with Crippen LogP contribution in [0.4, 0.5) is 5.69 Å². The molecule has 8 heteroatoms. The van der Waals surface area contributed by atoms with Gasteiger partial charge in [-0.15, -0.1) is 11.3 Å². The van der Waals surface area contributed by atoms with E-state index in [1.807, 2.05) is 0 Å². The highest BCUT2D eigenvalue weighted by molar-refractivity contribution is 7.15. The first-order valence-electron chi connectivity index (χ1n) is 11.5. The van der Waals surface area contributed by atoms with Crippen LogP contribution in [0, 0.1) is 23.2 Å². The van der Waals surface area contributed by atoms with Crippen molar-refractivity contribution in [2.24, 2.45) is 23.2 Å². The Morgan fingerprint density at radius 2 is 1.76 bits per heavy atom. The lowest BCUT2D eigenvalue weighted by atomic mass is 9.49. The Morgan fingerprint density at radius 3 is 2.42 bits per heavy atom. The number of nitrogens with zero attached hydrogens (tertiary/aromatic N) is 2. The van der Waals surface area contributed by atoms with Crippen LogP contribution in [-0.2, 0) is 16.1 Å². The zero-order chi connectivity index (χ0) is 22.6. The van der Waals surface area contributed by atoms with Gasteiger partial charge in [0.15, 0.2) is 4.96 Å². The van der Waals surface area contributed by atoms with Gasteiger partial charge in [0.2, 0.25) is 5.91 Å². The van der Waals surface area contributed by atoms with E-state index in [0.717, 1.165) is 19.3 Å². The minimum Gasteiger partial charge on any atom is -0.456 e. The smallest absolute Gasteiger partial charge is 0.338 e. The van der Waals surface area contributed by atoms with Crippen LogP contribution < -0.4 is 10.9 Å². The van der Waals surface area contributed by atoms with Gasteiger partial charge in [-0.05, 0) is 80.5 Å². The number of amides is 1. The number of carbonyl (C=O) groups is 2. The van der Waals surface area contributed by atoms with Crippen LogP contribution in [-0.4, -0.2) is 21.3 Å². The minimum absolute atomic E-state index is 0.0764. The van der Waals surface area contributed by atoms with Crippen molar-refractivity contribution in [1.82, 2.24) is 9.38 Å². The monoisotopic (exact) mass is 463 g/mol. The third-order valence-corrected chi connectivity index (χ3v) is 8.36. The topological polar surface area (TPSA) is 89.8 Å². The molecule has 2 heterocycles. The molecule has 4 fully saturated rings. The summed E-state index contributed by atoms with van der Waals surface area (Å²) in [5, 5.41) is 4.89. The normalized spacial score (nSPS) is 27.6. The predicted molar refractivity (Wildman–Crippen MR) is 124 cm³/mol. The molecule has 170 valence electrons. The molecule has 0 saturated heterocycles. The maximum atomic E-state index is 13.2. The summed E-state index contributed by atoms with van der Waals surface area (Å²) in [4.78, 5) is 42.6. The van der Waals surface area contributed by atoms with Crippen molar-refractivity contribution in [3.8, 4) is 0 Å². The van der Waals surface area contributed by atoms with E-state index < -0.39 is 5.97 Å². The van der Waals surface area contributed by atoms with Crippen LogP contribution in [0.2, 0.25) is 0 Å². The van der Waals surface area contributed by atoms with E-state index >= 15 is 0 Å². The van der Waals surface area contributed by atoms with Crippen LogP contribution in [0.25, 0.3) is 4.96 Å². The van der Waals surface area contributed by atoms with E-state index in [1.165, 1.54) is 41.1 Å². The fourth-order valence-electron chi connectivity index (χ4n) is 6.53. The molecule has 0 spiro atoms. The van der Waals surface area contributed by atoms with Gasteiger partial charge in [-0.1, -0.05) is 0 Å². The van der Waals surface area contributed by atoms with Gasteiger partial charge in [-0.2, -0.15) is 0 Å². The van der Waals surface area contributed by atoms with Gasteiger partial charge >= 0.3 is 5.97 Å². The number of hydrogen-bond donors (Lipinski definition) is 1. The molecule has 7 rings (SSSR count).